The molecule has 0 radical (unpaired) electrons. The predicted molar refractivity (Wildman–Crippen MR) is 73.1 cm³/mol. The molecule has 18 heavy (non-hydrogen) atoms. The first kappa shape index (κ1) is 12.6. The van der Waals surface area contributed by atoms with Gasteiger partial charge in [-0.2, -0.15) is 0 Å². The van der Waals surface area contributed by atoms with Crippen molar-refractivity contribution in [2.45, 2.75) is 19.4 Å². The number of benzene rings is 1. The largest absolute Gasteiger partial charge is 0.497 e. The van der Waals surface area contributed by atoms with E-state index in [1.54, 1.807) is 20.2 Å². The molecule has 0 aliphatic heterocycles. The van der Waals surface area contributed by atoms with Crippen molar-refractivity contribution in [1.82, 2.24) is 4.98 Å². The number of hydrogen-bond donors (Lipinski definition) is 2. The van der Waals surface area contributed by atoms with Crippen molar-refractivity contribution in [1.29, 1.82) is 0 Å². The summed E-state index contributed by atoms with van der Waals surface area (Å²) in [5.74, 6) is 1.64. The van der Waals surface area contributed by atoms with Crippen LogP contribution < -0.4 is 10.1 Å². The van der Waals surface area contributed by atoms with Crippen LogP contribution in [0, 0.1) is 0 Å². The minimum Gasteiger partial charge on any atom is -0.497 e. The normalized spacial score (nSPS) is 12.4. The molecule has 2 rings (SSSR count). The number of rotatable bonds is 5. The van der Waals surface area contributed by atoms with Crippen LogP contribution >= 0.6 is 0 Å². The van der Waals surface area contributed by atoms with Crippen LogP contribution in [0.2, 0.25) is 0 Å². The van der Waals surface area contributed by atoms with Crippen molar-refractivity contribution in [3.63, 3.8) is 0 Å². The predicted octanol–water partition coefficient (Wildman–Crippen LogP) is 2.43. The second-order valence-corrected chi connectivity index (χ2v) is 4.31. The summed E-state index contributed by atoms with van der Waals surface area (Å²) in [5, 5.41) is 14.6. The molecule has 0 saturated carbocycles. The van der Waals surface area contributed by atoms with Crippen molar-refractivity contribution in [3.05, 3.63) is 30.5 Å². The minimum absolute atomic E-state index is 0.304. The number of anilines is 1. The average molecular weight is 246 g/mol. The smallest absolute Gasteiger partial charge is 0.133 e. The summed E-state index contributed by atoms with van der Waals surface area (Å²) in [4.78, 5) is 4.33. The van der Waals surface area contributed by atoms with E-state index in [2.05, 4.69) is 10.3 Å². The topological polar surface area (TPSA) is 54.4 Å². The Balaban J connectivity index is 2.25. The summed E-state index contributed by atoms with van der Waals surface area (Å²) < 4.78 is 5.22. The van der Waals surface area contributed by atoms with Gasteiger partial charge >= 0.3 is 0 Å². The number of aliphatic hydroxyl groups excluding tert-OH is 1. The number of methoxy groups -OCH3 is 1. The zero-order chi connectivity index (χ0) is 13.0. The standard InChI is InChI=1S/C14H18N2O2/c1-10(17)5-7-15-14-13-9-12(18-2)4-3-11(13)6-8-16-14/h3-4,6,8-10,17H,5,7H2,1-2H3,(H,15,16). The second-order valence-electron chi connectivity index (χ2n) is 4.31. The zero-order valence-corrected chi connectivity index (χ0v) is 10.7. The first-order valence-corrected chi connectivity index (χ1v) is 6.05. The third kappa shape index (κ3) is 2.90. The number of nitrogens with zero attached hydrogens (tertiary/aromatic N) is 1. The Morgan fingerprint density at radius 1 is 1.39 bits per heavy atom. The van der Waals surface area contributed by atoms with Crippen LogP contribution in [0.5, 0.6) is 5.75 Å². The quantitative estimate of drug-likeness (QED) is 0.850. The molecule has 0 fully saturated rings. The highest BCUT2D eigenvalue weighted by molar-refractivity contribution is 5.92. The number of pyridine rings is 1. The van der Waals surface area contributed by atoms with Gasteiger partial charge in [0.25, 0.3) is 0 Å². The van der Waals surface area contributed by atoms with Gasteiger partial charge in [-0.1, -0.05) is 6.07 Å². The summed E-state index contributed by atoms with van der Waals surface area (Å²) in [7, 11) is 1.65. The summed E-state index contributed by atoms with van der Waals surface area (Å²) in [6.07, 6.45) is 2.17. The highest BCUT2D eigenvalue weighted by Gasteiger charge is 2.04. The number of ether oxygens (including phenoxy) is 1. The molecule has 0 amide bonds. The molecule has 4 heteroatoms. The molecule has 0 aliphatic rings. The monoisotopic (exact) mass is 246 g/mol. The zero-order valence-electron chi connectivity index (χ0n) is 10.7. The third-order valence-corrected chi connectivity index (χ3v) is 2.83. The number of aliphatic hydroxyl groups is 1. The van der Waals surface area contributed by atoms with Gasteiger partial charge in [-0.05, 0) is 36.9 Å². The second kappa shape index (κ2) is 5.69. The Labute approximate surface area is 107 Å². The lowest BCUT2D eigenvalue weighted by atomic mass is 10.1. The maximum Gasteiger partial charge on any atom is 0.133 e. The maximum atomic E-state index is 9.25. The fourth-order valence-electron chi connectivity index (χ4n) is 1.81. The number of fused-ring (bicyclic) bond motifs is 1. The van der Waals surface area contributed by atoms with E-state index in [1.807, 2.05) is 24.3 Å². The van der Waals surface area contributed by atoms with Crippen LogP contribution in [-0.4, -0.2) is 29.8 Å². The van der Waals surface area contributed by atoms with Gasteiger partial charge in [0.1, 0.15) is 11.6 Å². The molecule has 1 heterocycles. The summed E-state index contributed by atoms with van der Waals surface area (Å²) in [6.45, 7) is 2.47. The van der Waals surface area contributed by atoms with E-state index in [-0.39, 0.29) is 6.10 Å². The van der Waals surface area contributed by atoms with Gasteiger partial charge in [-0.3, -0.25) is 0 Å². The molecule has 1 aromatic carbocycles. The van der Waals surface area contributed by atoms with Crippen molar-refractivity contribution < 1.29 is 9.84 Å². The van der Waals surface area contributed by atoms with Gasteiger partial charge < -0.3 is 15.2 Å². The van der Waals surface area contributed by atoms with Crippen LogP contribution in [0.1, 0.15) is 13.3 Å². The molecule has 0 saturated heterocycles. The van der Waals surface area contributed by atoms with E-state index in [9.17, 15) is 5.11 Å². The van der Waals surface area contributed by atoms with Gasteiger partial charge in [0.2, 0.25) is 0 Å². The van der Waals surface area contributed by atoms with Gasteiger partial charge in [0.05, 0.1) is 13.2 Å². The molecule has 0 spiro atoms. The lowest BCUT2D eigenvalue weighted by molar-refractivity contribution is 0.188. The van der Waals surface area contributed by atoms with Crippen LogP contribution in [-0.2, 0) is 0 Å². The van der Waals surface area contributed by atoms with Gasteiger partial charge in [-0.25, -0.2) is 4.98 Å². The summed E-state index contributed by atoms with van der Waals surface area (Å²) in [6, 6.07) is 7.87. The van der Waals surface area contributed by atoms with Crippen LogP contribution in [0.25, 0.3) is 10.8 Å². The van der Waals surface area contributed by atoms with E-state index in [0.717, 1.165) is 22.3 Å². The van der Waals surface area contributed by atoms with E-state index in [4.69, 9.17) is 4.74 Å². The highest BCUT2D eigenvalue weighted by atomic mass is 16.5. The number of aromatic nitrogens is 1. The molecule has 1 aromatic heterocycles. The molecule has 96 valence electrons. The van der Waals surface area contributed by atoms with Crippen molar-refractivity contribution in [3.8, 4) is 5.75 Å². The molecule has 2 aromatic rings. The van der Waals surface area contributed by atoms with Crippen LogP contribution in [0.15, 0.2) is 30.5 Å². The molecule has 4 nitrogen and oxygen atoms in total. The fourth-order valence-corrected chi connectivity index (χ4v) is 1.81. The molecule has 0 bridgehead atoms. The van der Waals surface area contributed by atoms with Crippen molar-refractivity contribution in [2.75, 3.05) is 19.0 Å². The first-order chi connectivity index (χ1) is 8.70. The molecular weight excluding hydrogens is 228 g/mol. The molecule has 1 atom stereocenters. The number of nitrogens with one attached hydrogen (secondary N) is 1. The van der Waals surface area contributed by atoms with Crippen LogP contribution in [0.3, 0.4) is 0 Å². The van der Waals surface area contributed by atoms with Crippen LogP contribution in [0.4, 0.5) is 5.82 Å². The average Bonchev–Trinajstić information content (AvgIpc) is 2.38. The molecule has 0 aliphatic carbocycles. The first-order valence-electron chi connectivity index (χ1n) is 6.05. The summed E-state index contributed by atoms with van der Waals surface area (Å²) in [5.41, 5.74) is 0. The van der Waals surface area contributed by atoms with Crippen molar-refractivity contribution in [2.24, 2.45) is 0 Å². The molecule has 1 unspecified atom stereocenters. The highest BCUT2D eigenvalue weighted by Crippen LogP contribution is 2.25. The lowest BCUT2D eigenvalue weighted by Crippen LogP contribution is -2.10. The molecular formula is C14H18N2O2. The fraction of sp³-hybridized carbons (Fsp3) is 0.357. The van der Waals surface area contributed by atoms with Gasteiger partial charge in [0, 0.05) is 18.1 Å². The maximum absolute atomic E-state index is 9.25. The third-order valence-electron chi connectivity index (χ3n) is 2.83. The Morgan fingerprint density at radius 3 is 2.94 bits per heavy atom. The van der Waals surface area contributed by atoms with E-state index < -0.39 is 0 Å². The van der Waals surface area contributed by atoms with Crippen molar-refractivity contribution >= 4 is 16.6 Å². The van der Waals surface area contributed by atoms with Gasteiger partial charge in [-0.15, -0.1) is 0 Å². The Hall–Kier alpha value is -1.81. The van der Waals surface area contributed by atoms with E-state index in [1.165, 1.54) is 0 Å². The van der Waals surface area contributed by atoms with Gasteiger partial charge in [0.15, 0.2) is 0 Å². The summed E-state index contributed by atoms with van der Waals surface area (Å²) >= 11 is 0. The Morgan fingerprint density at radius 2 is 2.22 bits per heavy atom. The Bertz CT molecular complexity index is 526. The molecule has 2 N–H and O–H groups in total. The minimum atomic E-state index is -0.304. The Kier molecular flexibility index (Phi) is 3.99. The van der Waals surface area contributed by atoms with E-state index >= 15 is 0 Å². The number of hydrogen-bond acceptors (Lipinski definition) is 4. The lowest BCUT2D eigenvalue weighted by Gasteiger charge is -2.10. The SMILES string of the molecule is COc1ccc2ccnc(NCCC(C)O)c2c1. The van der Waals surface area contributed by atoms with E-state index in [0.29, 0.717) is 13.0 Å².